The first-order valence-electron chi connectivity index (χ1n) is 9.70. The Morgan fingerprint density at radius 2 is 1.79 bits per heavy atom. The molecular formula is C22H25N3O2S. The minimum atomic E-state index is 0.0470. The highest BCUT2D eigenvalue weighted by Gasteiger charge is 2.23. The van der Waals surface area contributed by atoms with Gasteiger partial charge in [0, 0.05) is 55.3 Å². The maximum atomic E-state index is 12.9. The molecule has 6 heteroatoms. The summed E-state index contributed by atoms with van der Waals surface area (Å²) in [7, 11) is 0. The summed E-state index contributed by atoms with van der Waals surface area (Å²) in [6.45, 7) is 4.19. The zero-order valence-electron chi connectivity index (χ0n) is 16.1. The Morgan fingerprint density at radius 1 is 1.04 bits per heavy atom. The molecule has 0 aliphatic carbocycles. The van der Waals surface area contributed by atoms with E-state index in [2.05, 4.69) is 40.7 Å². The quantitative estimate of drug-likeness (QED) is 0.808. The number of piperazine rings is 1. The third kappa shape index (κ3) is 4.23. The summed E-state index contributed by atoms with van der Waals surface area (Å²) in [5.41, 5.74) is 3.92. The lowest BCUT2D eigenvalue weighted by Gasteiger charge is -2.35. The predicted octanol–water partition coefficient (Wildman–Crippen LogP) is 3.25. The average molecular weight is 396 g/mol. The lowest BCUT2D eigenvalue weighted by Crippen LogP contribution is -2.48. The van der Waals surface area contributed by atoms with Gasteiger partial charge in [-0.05, 0) is 54.1 Å². The normalized spacial score (nSPS) is 17.2. The van der Waals surface area contributed by atoms with Crippen LogP contribution in [0.15, 0.2) is 47.4 Å². The topological polar surface area (TPSA) is 52.7 Å². The molecule has 0 unspecified atom stereocenters. The number of hydrogen-bond donors (Lipinski definition) is 1. The molecule has 4 rings (SSSR count). The molecule has 0 radical (unpaired) electrons. The minimum absolute atomic E-state index is 0.0470. The van der Waals surface area contributed by atoms with Crippen LogP contribution in [0.4, 0.5) is 5.69 Å². The molecule has 5 nitrogen and oxygen atoms in total. The number of aryl methyl sites for hydroxylation is 1. The summed E-state index contributed by atoms with van der Waals surface area (Å²) in [6, 6.07) is 14.3. The monoisotopic (exact) mass is 395 g/mol. The van der Waals surface area contributed by atoms with Gasteiger partial charge in [-0.3, -0.25) is 14.5 Å². The number of nitrogens with zero attached hydrogens (tertiary/aromatic N) is 2. The molecule has 0 spiro atoms. The number of carbonyl (C=O) groups excluding carboxylic acids is 2. The van der Waals surface area contributed by atoms with Crippen molar-refractivity contribution < 1.29 is 9.59 Å². The van der Waals surface area contributed by atoms with Gasteiger partial charge in [-0.15, -0.1) is 11.8 Å². The maximum absolute atomic E-state index is 12.9. The fourth-order valence-corrected chi connectivity index (χ4v) is 4.21. The molecule has 2 aromatic carbocycles. The molecule has 0 aromatic heterocycles. The van der Waals surface area contributed by atoms with Crippen LogP contribution >= 0.6 is 11.8 Å². The third-order valence-corrected chi connectivity index (χ3v) is 6.22. The number of nitrogens with one attached hydrogen (secondary N) is 1. The Bertz CT molecular complexity index is 874. The van der Waals surface area contributed by atoms with Gasteiger partial charge >= 0.3 is 0 Å². The van der Waals surface area contributed by atoms with Crippen molar-refractivity contribution in [3.63, 3.8) is 0 Å². The summed E-state index contributed by atoms with van der Waals surface area (Å²) in [5, 5.41) is 2.87. The molecule has 1 fully saturated rings. The number of rotatable bonds is 4. The van der Waals surface area contributed by atoms with Gasteiger partial charge in [-0.25, -0.2) is 0 Å². The highest BCUT2D eigenvalue weighted by Crippen LogP contribution is 2.24. The smallest absolute Gasteiger partial charge is 0.253 e. The Labute approximate surface area is 170 Å². The van der Waals surface area contributed by atoms with Crippen LogP contribution < -0.4 is 5.32 Å². The average Bonchev–Trinajstić information content (AvgIpc) is 2.74. The Kier molecular flexibility index (Phi) is 5.69. The molecule has 28 heavy (non-hydrogen) atoms. The van der Waals surface area contributed by atoms with Crippen molar-refractivity contribution >= 4 is 29.3 Å². The number of fused-ring (bicyclic) bond motifs is 1. The molecule has 0 saturated carbocycles. The predicted molar refractivity (Wildman–Crippen MR) is 113 cm³/mol. The van der Waals surface area contributed by atoms with E-state index in [1.807, 2.05) is 23.1 Å². The zero-order chi connectivity index (χ0) is 19.5. The molecule has 0 bridgehead atoms. The fourth-order valence-electron chi connectivity index (χ4n) is 3.80. The highest BCUT2D eigenvalue weighted by atomic mass is 32.2. The van der Waals surface area contributed by atoms with Crippen LogP contribution in [0.2, 0.25) is 0 Å². The zero-order valence-corrected chi connectivity index (χ0v) is 16.9. The first-order valence-corrected chi connectivity index (χ1v) is 10.9. The van der Waals surface area contributed by atoms with Gasteiger partial charge in [0.2, 0.25) is 5.91 Å². The van der Waals surface area contributed by atoms with Gasteiger partial charge < -0.3 is 10.2 Å². The van der Waals surface area contributed by atoms with Crippen LogP contribution in [0, 0.1) is 0 Å². The van der Waals surface area contributed by atoms with E-state index in [1.165, 1.54) is 10.5 Å². The first kappa shape index (κ1) is 19.0. The molecule has 1 saturated heterocycles. The second-order valence-corrected chi connectivity index (χ2v) is 8.22. The fraction of sp³-hybridized carbons (Fsp3) is 0.364. The van der Waals surface area contributed by atoms with E-state index < -0.39 is 0 Å². The third-order valence-electron chi connectivity index (χ3n) is 5.47. The van der Waals surface area contributed by atoms with Gasteiger partial charge in [0.25, 0.3) is 5.91 Å². The summed E-state index contributed by atoms with van der Waals surface area (Å²) in [5.74, 6) is 0.134. The summed E-state index contributed by atoms with van der Waals surface area (Å²) in [4.78, 5) is 30.0. The molecule has 2 aliphatic rings. The number of thioether (sulfide) groups is 1. The molecular weight excluding hydrogens is 370 g/mol. The van der Waals surface area contributed by atoms with Crippen molar-refractivity contribution in [1.29, 1.82) is 0 Å². The van der Waals surface area contributed by atoms with Crippen molar-refractivity contribution in [3.05, 3.63) is 59.2 Å². The van der Waals surface area contributed by atoms with Crippen LogP contribution in [-0.4, -0.2) is 54.0 Å². The SMILES string of the molecule is CSc1ccc(CN2CCN(C(=O)c3ccc4c(c3)CCC(=O)N4)CC2)cc1. The van der Waals surface area contributed by atoms with Crippen molar-refractivity contribution in [2.45, 2.75) is 24.3 Å². The van der Waals surface area contributed by atoms with E-state index in [0.717, 1.165) is 49.5 Å². The second-order valence-electron chi connectivity index (χ2n) is 7.34. The molecule has 2 heterocycles. The van der Waals surface area contributed by atoms with E-state index in [-0.39, 0.29) is 11.8 Å². The largest absolute Gasteiger partial charge is 0.336 e. The Morgan fingerprint density at radius 3 is 2.50 bits per heavy atom. The van der Waals surface area contributed by atoms with E-state index in [1.54, 1.807) is 11.8 Å². The first-order chi connectivity index (χ1) is 13.6. The van der Waals surface area contributed by atoms with Crippen molar-refractivity contribution in [2.75, 3.05) is 37.8 Å². The molecule has 1 N–H and O–H groups in total. The standard InChI is InChI=1S/C22H25N3O2S/c1-28-19-6-2-16(3-7-19)15-24-10-12-25(13-11-24)22(27)18-4-8-20-17(14-18)5-9-21(26)23-20/h2-4,6-8,14H,5,9-13,15H2,1H3,(H,23,26). The molecule has 146 valence electrons. The second kappa shape index (κ2) is 8.37. The Balaban J connectivity index is 1.34. The van der Waals surface area contributed by atoms with E-state index in [0.29, 0.717) is 12.8 Å². The van der Waals surface area contributed by atoms with E-state index in [9.17, 15) is 9.59 Å². The van der Waals surface area contributed by atoms with Crippen LogP contribution in [-0.2, 0) is 17.8 Å². The summed E-state index contributed by atoms with van der Waals surface area (Å²) >= 11 is 1.76. The molecule has 2 amide bonds. The summed E-state index contributed by atoms with van der Waals surface area (Å²) < 4.78 is 0. The van der Waals surface area contributed by atoms with Crippen molar-refractivity contribution in [2.24, 2.45) is 0 Å². The van der Waals surface area contributed by atoms with Gasteiger partial charge in [-0.1, -0.05) is 12.1 Å². The number of carbonyl (C=O) groups is 2. The number of amides is 2. The number of anilines is 1. The highest BCUT2D eigenvalue weighted by molar-refractivity contribution is 7.98. The van der Waals surface area contributed by atoms with Crippen LogP contribution in [0.3, 0.4) is 0 Å². The minimum Gasteiger partial charge on any atom is -0.336 e. The molecule has 0 atom stereocenters. The van der Waals surface area contributed by atoms with Gasteiger partial charge in [0.15, 0.2) is 0 Å². The maximum Gasteiger partial charge on any atom is 0.253 e. The van der Waals surface area contributed by atoms with E-state index >= 15 is 0 Å². The van der Waals surface area contributed by atoms with Gasteiger partial charge in [0.05, 0.1) is 0 Å². The summed E-state index contributed by atoms with van der Waals surface area (Å²) in [6.07, 6.45) is 3.27. The van der Waals surface area contributed by atoms with Crippen LogP contribution in [0.1, 0.15) is 27.9 Å². The number of benzene rings is 2. The van der Waals surface area contributed by atoms with Crippen LogP contribution in [0.5, 0.6) is 0 Å². The van der Waals surface area contributed by atoms with Crippen molar-refractivity contribution in [1.82, 2.24) is 9.80 Å². The molecule has 2 aliphatic heterocycles. The lowest BCUT2D eigenvalue weighted by molar-refractivity contribution is -0.116. The van der Waals surface area contributed by atoms with Gasteiger partial charge in [0.1, 0.15) is 0 Å². The van der Waals surface area contributed by atoms with Gasteiger partial charge in [-0.2, -0.15) is 0 Å². The van der Waals surface area contributed by atoms with Crippen molar-refractivity contribution in [3.8, 4) is 0 Å². The van der Waals surface area contributed by atoms with Crippen LogP contribution in [0.25, 0.3) is 0 Å². The lowest BCUT2D eigenvalue weighted by atomic mass is 10.00. The molecule has 2 aromatic rings. The number of hydrogen-bond acceptors (Lipinski definition) is 4. The van der Waals surface area contributed by atoms with E-state index in [4.69, 9.17) is 0 Å². The Hall–Kier alpha value is -2.31.